The van der Waals surface area contributed by atoms with Crippen LogP contribution in [0.5, 0.6) is 0 Å². The first kappa shape index (κ1) is 14.4. The van der Waals surface area contributed by atoms with Crippen LogP contribution in [0.3, 0.4) is 0 Å². The lowest BCUT2D eigenvalue weighted by Crippen LogP contribution is -2.39. The van der Waals surface area contributed by atoms with E-state index in [1.807, 2.05) is 6.07 Å². The summed E-state index contributed by atoms with van der Waals surface area (Å²) in [5.41, 5.74) is 0. The van der Waals surface area contributed by atoms with Gasteiger partial charge in [0.05, 0.1) is 5.02 Å². The largest absolute Gasteiger partial charge is 0.314 e. The minimum Gasteiger partial charge on any atom is -0.314 e. The van der Waals surface area contributed by atoms with Crippen LogP contribution in [0.2, 0.25) is 5.02 Å². The first-order valence-electron chi connectivity index (χ1n) is 7.16. The molecule has 1 aliphatic carbocycles. The molecule has 1 saturated carbocycles. The molecule has 3 atom stereocenters. The first-order chi connectivity index (χ1) is 8.70. The third-order valence-electron chi connectivity index (χ3n) is 4.11. The fourth-order valence-corrected chi connectivity index (χ4v) is 4.36. The van der Waals surface area contributed by atoms with Gasteiger partial charge in [-0.3, -0.25) is 0 Å². The van der Waals surface area contributed by atoms with E-state index in [0.717, 1.165) is 29.8 Å². The van der Waals surface area contributed by atoms with Crippen LogP contribution in [0.15, 0.2) is 11.4 Å². The summed E-state index contributed by atoms with van der Waals surface area (Å²) in [7, 11) is 0. The third kappa shape index (κ3) is 3.72. The molecule has 1 aromatic heterocycles. The Morgan fingerprint density at radius 3 is 2.94 bits per heavy atom. The second kappa shape index (κ2) is 6.93. The zero-order chi connectivity index (χ0) is 13.0. The summed E-state index contributed by atoms with van der Waals surface area (Å²) in [6.45, 7) is 5.65. The molecule has 0 radical (unpaired) electrons. The van der Waals surface area contributed by atoms with Crippen molar-refractivity contribution < 1.29 is 0 Å². The van der Waals surface area contributed by atoms with Crippen LogP contribution in [0.4, 0.5) is 0 Å². The van der Waals surface area contributed by atoms with Gasteiger partial charge < -0.3 is 5.32 Å². The molecular weight excluding hydrogens is 262 g/mol. The highest BCUT2D eigenvalue weighted by Gasteiger charge is 2.26. The lowest BCUT2D eigenvalue weighted by molar-refractivity contribution is 0.223. The first-order valence-corrected chi connectivity index (χ1v) is 8.41. The van der Waals surface area contributed by atoms with Gasteiger partial charge in [0, 0.05) is 10.9 Å². The van der Waals surface area contributed by atoms with Crippen molar-refractivity contribution in [1.29, 1.82) is 0 Å². The van der Waals surface area contributed by atoms with Gasteiger partial charge in [0.25, 0.3) is 0 Å². The summed E-state index contributed by atoms with van der Waals surface area (Å²) in [5, 5.41) is 6.74. The second-order valence-electron chi connectivity index (χ2n) is 5.59. The number of thiophene rings is 1. The molecule has 0 saturated heterocycles. The lowest BCUT2D eigenvalue weighted by atomic mass is 9.77. The van der Waals surface area contributed by atoms with E-state index in [-0.39, 0.29) is 0 Å². The van der Waals surface area contributed by atoms with Crippen molar-refractivity contribution in [2.24, 2.45) is 11.8 Å². The highest BCUT2D eigenvalue weighted by Crippen LogP contribution is 2.33. The molecule has 1 aliphatic rings. The van der Waals surface area contributed by atoms with Crippen molar-refractivity contribution in [3.63, 3.8) is 0 Å². The predicted molar refractivity (Wildman–Crippen MR) is 81.6 cm³/mol. The van der Waals surface area contributed by atoms with E-state index in [1.165, 1.54) is 30.6 Å². The van der Waals surface area contributed by atoms with Crippen molar-refractivity contribution >= 4 is 22.9 Å². The molecule has 0 spiro atoms. The Kier molecular flexibility index (Phi) is 5.53. The molecule has 1 fully saturated rings. The van der Waals surface area contributed by atoms with Gasteiger partial charge in [0.2, 0.25) is 0 Å². The van der Waals surface area contributed by atoms with Gasteiger partial charge >= 0.3 is 0 Å². The fraction of sp³-hybridized carbons (Fsp3) is 0.733. The summed E-state index contributed by atoms with van der Waals surface area (Å²) in [4.78, 5) is 1.35. The molecule has 102 valence electrons. The molecule has 1 aromatic rings. The molecule has 1 heterocycles. The summed E-state index contributed by atoms with van der Waals surface area (Å²) >= 11 is 8.03. The number of halogens is 1. The van der Waals surface area contributed by atoms with Gasteiger partial charge in [-0.2, -0.15) is 0 Å². The predicted octanol–water partition coefficient (Wildman–Crippen LogP) is 4.75. The minimum absolute atomic E-state index is 0.605. The average Bonchev–Trinajstić information content (AvgIpc) is 2.74. The minimum atomic E-state index is 0.605. The Morgan fingerprint density at radius 1 is 1.50 bits per heavy atom. The highest BCUT2D eigenvalue weighted by molar-refractivity contribution is 7.10. The van der Waals surface area contributed by atoms with Gasteiger partial charge in [0.1, 0.15) is 0 Å². The summed E-state index contributed by atoms with van der Waals surface area (Å²) in [6.07, 6.45) is 6.66. The van der Waals surface area contributed by atoms with Crippen LogP contribution >= 0.6 is 22.9 Å². The number of nitrogens with one attached hydrogen (secondary N) is 1. The molecular formula is C15H24ClNS. The van der Waals surface area contributed by atoms with Crippen molar-refractivity contribution in [2.75, 3.05) is 6.54 Å². The highest BCUT2D eigenvalue weighted by atomic mass is 35.5. The topological polar surface area (TPSA) is 12.0 Å². The fourth-order valence-electron chi connectivity index (χ4n) is 3.18. The molecule has 1 nitrogen and oxygen atoms in total. The van der Waals surface area contributed by atoms with E-state index >= 15 is 0 Å². The molecule has 18 heavy (non-hydrogen) atoms. The molecule has 0 aromatic carbocycles. The third-order valence-corrected chi connectivity index (χ3v) is 5.52. The van der Waals surface area contributed by atoms with Crippen LogP contribution < -0.4 is 5.32 Å². The quantitative estimate of drug-likeness (QED) is 0.823. The Hall–Kier alpha value is -0.0500. The summed E-state index contributed by atoms with van der Waals surface area (Å²) in [6, 6.07) is 2.63. The Bertz CT molecular complexity index is 363. The van der Waals surface area contributed by atoms with Crippen LogP contribution in [0.1, 0.15) is 44.4 Å². The van der Waals surface area contributed by atoms with E-state index in [1.54, 1.807) is 11.3 Å². The van der Waals surface area contributed by atoms with Crippen molar-refractivity contribution in [3.05, 3.63) is 21.3 Å². The van der Waals surface area contributed by atoms with E-state index in [4.69, 9.17) is 11.6 Å². The number of hydrogen-bond acceptors (Lipinski definition) is 2. The Balaban J connectivity index is 2.01. The molecule has 3 heteroatoms. The SMILES string of the molecule is CCNC(Cc1sccc1Cl)C1CCCC(C)C1. The van der Waals surface area contributed by atoms with Crippen molar-refractivity contribution in [1.82, 2.24) is 5.32 Å². The molecule has 0 aliphatic heterocycles. The second-order valence-corrected chi connectivity index (χ2v) is 7.00. The zero-order valence-corrected chi connectivity index (χ0v) is 13.0. The van der Waals surface area contributed by atoms with Crippen LogP contribution in [-0.2, 0) is 6.42 Å². The van der Waals surface area contributed by atoms with Gasteiger partial charge in [0.15, 0.2) is 0 Å². The van der Waals surface area contributed by atoms with Gasteiger partial charge in [-0.15, -0.1) is 11.3 Å². The number of hydrogen-bond donors (Lipinski definition) is 1. The normalized spacial score (nSPS) is 26.2. The maximum Gasteiger partial charge on any atom is 0.0545 e. The van der Waals surface area contributed by atoms with Gasteiger partial charge in [-0.1, -0.05) is 38.3 Å². The smallest absolute Gasteiger partial charge is 0.0545 e. The molecule has 2 rings (SSSR count). The standard InChI is InChI=1S/C15H24ClNS/c1-3-17-14(10-15-13(16)7-8-18-15)12-6-4-5-11(2)9-12/h7-8,11-12,14,17H,3-6,9-10H2,1-2H3. The van der Waals surface area contributed by atoms with Crippen molar-refractivity contribution in [2.45, 2.75) is 52.0 Å². The van der Waals surface area contributed by atoms with E-state index in [0.29, 0.717) is 6.04 Å². The maximum atomic E-state index is 6.23. The van der Waals surface area contributed by atoms with Crippen LogP contribution in [0, 0.1) is 11.8 Å². The Morgan fingerprint density at radius 2 is 2.33 bits per heavy atom. The number of rotatable bonds is 5. The molecule has 3 unspecified atom stereocenters. The monoisotopic (exact) mass is 285 g/mol. The van der Waals surface area contributed by atoms with E-state index in [9.17, 15) is 0 Å². The van der Waals surface area contributed by atoms with Gasteiger partial charge in [-0.25, -0.2) is 0 Å². The molecule has 0 bridgehead atoms. The molecule has 1 N–H and O–H groups in total. The summed E-state index contributed by atoms with van der Waals surface area (Å²) < 4.78 is 0. The Labute approximate surface area is 120 Å². The van der Waals surface area contributed by atoms with Gasteiger partial charge in [-0.05, 0) is 49.1 Å². The molecule has 0 amide bonds. The van der Waals surface area contributed by atoms with Crippen molar-refractivity contribution in [3.8, 4) is 0 Å². The van der Waals surface area contributed by atoms with Crippen LogP contribution in [-0.4, -0.2) is 12.6 Å². The zero-order valence-electron chi connectivity index (χ0n) is 11.4. The maximum absolute atomic E-state index is 6.23. The number of likely N-dealkylation sites (N-methyl/N-ethyl adjacent to an activating group) is 1. The average molecular weight is 286 g/mol. The lowest BCUT2D eigenvalue weighted by Gasteiger charge is -2.33. The summed E-state index contributed by atoms with van der Waals surface area (Å²) in [5.74, 6) is 1.72. The van der Waals surface area contributed by atoms with E-state index < -0.39 is 0 Å². The van der Waals surface area contributed by atoms with E-state index in [2.05, 4.69) is 24.5 Å². The van der Waals surface area contributed by atoms with Crippen LogP contribution in [0.25, 0.3) is 0 Å².